The van der Waals surface area contributed by atoms with Gasteiger partial charge in [-0.15, -0.1) is 0 Å². The molecule has 1 atom stereocenters. The van der Waals surface area contributed by atoms with Crippen LogP contribution in [0.15, 0.2) is 9.98 Å². The minimum Gasteiger partial charge on any atom is -0.367 e. The standard InChI is InChI=1S/C5H10N4O8S2/c10-3(11)1-6-4-8-5(18(12,13)14)7-2-9(4)19(15,16)17/h2-4,6,10-11H,1H2,(H,12,13,14)(H,15,16,17). The molecule has 0 fully saturated rings. The molecule has 1 unspecified atom stereocenters. The van der Waals surface area contributed by atoms with Crippen molar-refractivity contribution in [2.45, 2.75) is 12.6 Å². The molecule has 1 aliphatic heterocycles. The highest BCUT2D eigenvalue weighted by molar-refractivity contribution is 8.01. The van der Waals surface area contributed by atoms with E-state index in [2.05, 4.69) is 15.3 Å². The van der Waals surface area contributed by atoms with Gasteiger partial charge in [-0.3, -0.25) is 14.4 Å². The van der Waals surface area contributed by atoms with Gasteiger partial charge in [-0.1, -0.05) is 0 Å². The molecule has 0 aromatic rings. The highest BCUT2D eigenvalue weighted by atomic mass is 32.2. The van der Waals surface area contributed by atoms with Crippen LogP contribution >= 0.6 is 0 Å². The lowest BCUT2D eigenvalue weighted by molar-refractivity contribution is -0.0402. The van der Waals surface area contributed by atoms with E-state index >= 15 is 0 Å². The monoisotopic (exact) mass is 318 g/mol. The average Bonchev–Trinajstić information content (AvgIpc) is 2.23. The zero-order chi connectivity index (χ0) is 14.8. The van der Waals surface area contributed by atoms with Crippen molar-refractivity contribution in [2.24, 2.45) is 9.98 Å². The van der Waals surface area contributed by atoms with Gasteiger partial charge in [-0.2, -0.15) is 16.8 Å². The number of amidine groups is 1. The molecule has 0 spiro atoms. The fourth-order valence-corrected chi connectivity index (χ4v) is 1.98. The molecule has 14 heteroatoms. The van der Waals surface area contributed by atoms with Crippen LogP contribution in [-0.4, -0.2) is 71.1 Å². The topological polar surface area (TPSA) is 189 Å². The summed E-state index contributed by atoms with van der Waals surface area (Å²) in [6, 6.07) is 0. The maximum atomic E-state index is 10.9. The zero-order valence-electron chi connectivity index (χ0n) is 9.02. The molecule has 0 aliphatic carbocycles. The molecule has 1 aliphatic rings. The Morgan fingerprint density at radius 1 is 1.32 bits per heavy atom. The van der Waals surface area contributed by atoms with Crippen LogP contribution in [0.3, 0.4) is 0 Å². The third kappa shape index (κ3) is 4.46. The lowest BCUT2D eigenvalue weighted by atomic mass is 10.6. The molecule has 0 aromatic carbocycles. The predicted molar refractivity (Wildman–Crippen MR) is 60.9 cm³/mol. The van der Waals surface area contributed by atoms with Crippen LogP contribution < -0.4 is 5.32 Å². The smallest absolute Gasteiger partial charge is 0.363 e. The summed E-state index contributed by atoms with van der Waals surface area (Å²) in [5.41, 5.74) is 0. The maximum absolute atomic E-state index is 10.9. The van der Waals surface area contributed by atoms with E-state index in [9.17, 15) is 16.8 Å². The highest BCUT2D eigenvalue weighted by Crippen LogP contribution is 2.09. The Kier molecular flexibility index (Phi) is 4.56. The lowest BCUT2D eigenvalue weighted by Crippen LogP contribution is -2.51. The molecule has 0 saturated heterocycles. The molecule has 1 heterocycles. The number of rotatable bonds is 4. The first kappa shape index (κ1) is 15.9. The fourth-order valence-electron chi connectivity index (χ4n) is 1.03. The molecular formula is C5H10N4O8S2. The quantitative estimate of drug-likeness (QED) is 0.259. The predicted octanol–water partition coefficient (Wildman–Crippen LogP) is -3.44. The van der Waals surface area contributed by atoms with Crippen molar-refractivity contribution in [1.29, 1.82) is 0 Å². The second kappa shape index (κ2) is 5.45. The zero-order valence-corrected chi connectivity index (χ0v) is 10.7. The first-order chi connectivity index (χ1) is 8.51. The Hall–Kier alpha value is -1.16. The number of hydrogen-bond acceptors (Lipinski definition) is 9. The normalized spacial score (nSPS) is 20.8. The molecule has 5 N–H and O–H groups in total. The van der Waals surface area contributed by atoms with Gasteiger partial charge >= 0.3 is 20.4 Å². The summed E-state index contributed by atoms with van der Waals surface area (Å²) in [7, 11) is -9.60. The van der Waals surface area contributed by atoms with Gasteiger partial charge in [0.25, 0.3) is 5.17 Å². The Morgan fingerprint density at radius 3 is 2.32 bits per heavy atom. The molecule has 0 radical (unpaired) electrons. The van der Waals surface area contributed by atoms with E-state index in [0.29, 0.717) is 6.34 Å². The number of nitrogens with one attached hydrogen (secondary N) is 1. The summed E-state index contributed by atoms with van der Waals surface area (Å²) >= 11 is 0. The van der Waals surface area contributed by atoms with Gasteiger partial charge in [0.05, 0.1) is 0 Å². The number of nitrogens with zero attached hydrogens (tertiary/aromatic N) is 3. The van der Waals surface area contributed by atoms with Crippen LogP contribution in [0.25, 0.3) is 0 Å². The van der Waals surface area contributed by atoms with Gasteiger partial charge in [-0.05, 0) is 0 Å². The van der Waals surface area contributed by atoms with E-state index in [4.69, 9.17) is 19.3 Å². The van der Waals surface area contributed by atoms with Gasteiger partial charge in [0, 0.05) is 6.54 Å². The molecule has 0 bridgehead atoms. The van der Waals surface area contributed by atoms with Crippen LogP contribution in [-0.2, 0) is 20.4 Å². The van der Waals surface area contributed by atoms with Crippen molar-refractivity contribution in [2.75, 3.05) is 6.54 Å². The summed E-state index contributed by atoms with van der Waals surface area (Å²) in [6.45, 7) is -0.590. The van der Waals surface area contributed by atoms with E-state index in [1.807, 2.05) is 0 Å². The van der Waals surface area contributed by atoms with E-state index in [1.165, 1.54) is 0 Å². The first-order valence-corrected chi connectivity index (χ1v) is 7.30. The fraction of sp³-hybridized carbons (Fsp3) is 0.600. The van der Waals surface area contributed by atoms with Crippen LogP contribution in [0.5, 0.6) is 0 Å². The second-order valence-corrected chi connectivity index (χ2v) is 5.83. The third-order valence-electron chi connectivity index (χ3n) is 1.74. The van der Waals surface area contributed by atoms with Gasteiger partial charge in [0.2, 0.25) is 0 Å². The Morgan fingerprint density at radius 2 is 1.89 bits per heavy atom. The van der Waals surface area contributed by atoms with E-state index in [0.717, 1.165) is 0 Å². The van der Waals surface area contributed by atoms with E-state index < -0.39 is 44.7 Å². The van der Waals surface area contributed by atoms with E-state index in [-0.39, 0.29) is 4.31 Å². The van der Waals surface area contributed by atoms with Gasteiger partial charge < -0.3 is 10.2 Å². The molecule has 12 nitrogen and oxygen atoms in total. The molecule has 0 aromatic heterocycles. The lowest BCUT2D eigenvalue weighted by Gasteiger charge is -2.26. The number of aliphatic hydroxyl groups excluding tert-OH is 1. The molecule has 1 rings (SSSR count). The molecular weight excluding hydrogens is 308 g/mol. The van der Waals surface area contributed by atoms with Crippen molar-refractivity contribution >= 4 is 31.9 Å². The first-order valence-electron chi connectivity index (χ1n) is 4.47. The van der Waals surface area contributed by atoms with Crippen molar-refractivity contribution in [3.63, 3.8) is 0 Å². The Balaban J connectivity index is 3.07. The number of hydrogen-bond donors (Lipinski definition) is 5. The second-order valence-electron chi connectivity index (χ2n) is 3.20. The molecule has 110 valence electrons. The van der Waals surface area contributed by atoms with Crippen LogP contribution in [0.2, 0.25) is 0 Å². The van der Waals surface area contributed by atoms with Gasteiger partial charge in [-0.25, -0.2) is 14.3 Å². The molecule has 0 saturated carbocycles. The number of aliphatic imine (C=N–C) groups is 2. The van der Waals surface area contributed by atoms with Crippen molar-refractivity contribution in [3.05, 3.63) is 0 Å². The SMILES string of the molecule is O=S(=O)(O)C1=NC(NCC(O)O)N(S(=O)(=O)O)C=N1. The summed E-state index contributed by atoms with van der Waals surface area (Å²) in [6.07, 6.45) is -3.20. The molecule has 19 heavy (non-hydrogen) atoms. The largest absolute Gasteiger partial charge is 0.367 e. The van der Waals surface area contributed by atoms with Crippen LogP contribution in [0.4, 0.5) is 0 Å². The van der Waals surface area contributed by atoms with Crippen molar-refractivity contribution < 1.29 is 36.2 Å². The summed E-state index contributed by atoms with van der Waals surface area (Å²) in [4.78, 5) is 6.24. The average molecular weight is 318 g/mol. The summed E-state index contributed by atoms with van der Waals surface area (Å²) < 4.78 is 61.1. The van der Waals surface area contributed by atoms with Crippen LogP contribution in [0, 0.1) is 0 Å². The van der Waals surface area contributed by atoms with Gasteiger partial charge in [0.1, 0.15) is 6.34 Å². The summed E-state index contributed by atoms with van der Waals surface area (Å²) in [5.74, 6) is 0. The van der Waals surface area contributed by atoms with Crippen molar-refractivity contribution in [3.8, 4) is 0 Å². The third-order valence-corrected chi connectivity index (χ3v) is 3.23. The Bertz CT molecular complexity index is 593. The van der Waals surface area contributed by atoms with Gasteiger partial charge in [0.15, 0.2) is 12.6 Å². The number of aliphatic hydroxyl groups is 2. The van der Waals surface area contributed by atoms with E-state index in [1.54, 1.807) is 0 Å². The summed E-state index contributed by atoms with van der Waals surface area (Å²) in [5, 5.41) is 18.2. The van der Waals surface area contributed by atoms with Crippen LogP contribution in [0.1, 0.15) is 0 Å². The minimum absolute atomic E-state index is 0.115. The Labute approximate surface area is 107 Å². The molecule has 0 amide bonds. The highest BCUT2D eigenvalue weighted by Gasteiger charge is 2.31. The maximum Gasteiger partial charge on any atom is 0.363 e. The minimum atomic E-state index is -4.82. The van der Waals surface area contributed by atoms with Crippen molar-refractivity contribution in [1.82, 2.24) is 9.62 Å².